The molecule has 1 aliphatic carbocycles. The summed E-state index contributed by atoms with van der Waals surface area (Å²) in [7, 11) is 0. The first-order valence-corrected chi connectivity index (χ1v) is 8.63. The predicted molar refractivity (Wildman–Crippen MR) is 81.9 cm³/mol. The zero-order chi connectivity index (χ0) is 13.2. The summed E-state index contributed by atoms with van der Waals surface area (Å²) in [5.74, 6) is 0. The van der Waals surface area contributed by atoms with Gasteiger partial charge in [-0.3, -0.25) is 0 Å². The molecule has 0 saturated carbocycles. The van der Waals surface area contributed by atoms with E-state index in [1.54, 1.807) is 0 Å². The second-order valence-electron chi connectivity index (χ2n) is 5.94. The maximum absolute atomic E-state index is 6.21. The number of nitrogens with two attached hydrogens (primary N) is 1. The fourth-order valence-electron chi connectivity index (χ4n) is 3.45. The number of aryl methyl sites for hydroxylation is 1. The summed E-state index contributed by atoms with van der Waals surface area (Å²) in [4.78, 5) is 8.93. The van der Waals surface area contributed by atoms with E-state index in [1.165, 1.54) is 67.2 Å². The summed E-state index contributed by atoms with van der Waals surface area (Å²) >= 11 is 1.91. The van der Waals surface area contributed by atoms with Crippen LogP contribution in [-0.4, -0.2) is 17.6 Å². The highest BCUT2D eigenvalue weighted by Gasteiger charge is 2.28. The second-order valence-corrected chi connectivity index (χ2v) is 7.00. The Kier molecular flexibility index (Phi) is 4.08. The van der Waals surface area contributed by atoms with Gasteiger partial charge in [0.25, 0.3) is 0 Å². The number of fused-ring (bicyclic) bond motifs is 1. The Labute approximate surface area is 120 Å². The van der Waals surface area contributed by atoms with Gasteiger partial charge in [-0.05, 0) is 44.9 Å². The molecule has 0 radical (unpaired) electrons. The standard InChI is InChI=1S/C15H25N3S/c1-2-6-11-7-3-4-10-18(11)15-17-14-12(16)8-5-9-13(14)19-15/h11-12H,2-10,16H2,1H3. The third-order valence-corrected chi connectivity index (χ3v) is 5.65. The third-order valence-electron chi connectivity index (χ3n) is 4.48. The molecule has 0 bridgehead atoms. The van der Waals surface area contributed by atoms with Crippen LogP contribution in [-0.2, 0) is 6.42 Å². The number of hydrogen-bond acceptors (Lipinski definition) is 4. The number of nitrogens with zero attached hydrogens (tertiary/aromatic N) is 2. The van der Waals surface area contributed by atoms with Crippen LogP contribution in [0.2, 0.25) is 0 Å². The van der Waals surface area contributed by atoms with Crippen LogP contribution in [0.1, 0.15) is 68.5 Å². The molecule has 1 saturated heterocycles. The number of aromatic nitrogens is 1. The maximum Gasteiger partial charge on any atom is 0.186 e. The van der Waals surface area contributed by atoms with Crippen LogP contribution >= 0.6 is 11.3 Å². The topological polar surface area (TPSA) is 42.2 Å². The highest BCUT2D eigenvalue weighted by atomic mass is 32.1. The Morgan fingerprint density at radius 2 is 2.21 bits per heavy atom. The molecule has 4 heteroatoms. The molecule has 1 aliphatic heterocycles. The summed E-state index contributed by atoms with van der Waals surface area (Å²) in [6.07, 6.45) is 10.1. The average Bonchev–Trinajstić information content (AvgIpc) is 2.85. The van der Waals surface area contributed by atoms with Gasteiger partial charge in [-0.25, -0.2) is 4.98 Å². The molecule has 2 heterocycles. The second kappa shape index (κ2) is 5.80. The first-order chi connectivity index (χ1) is 9.29. The lowest BCUT2D eigenvalue weighted by Crippen LogP contribution is -2.39. The van der Waals surface area contributed by atoms with Crippen LogP contribution in [0.15, 0.2) is 0 Å². The minimum Gasteiger partial charge on any atom is -0.345 e. The molecular formula is C15H25N3S. The first kappa shape index (κ1) is 13.4. The van der Waals surface area contributed by atoms with Crippen LogP contribution in [0.4, 0.5) is 5.13 Å². The van der Waals surface area contributed by atoms with Crippen LogP contribution in [0.3, 0.4) is 0 Å². The van der Waals surface area contributed by atoms with Gasteiger partial charge >= 0.3 is 0 Å². The molecule has 2 unspecified atom stereocenters. The van der Waals surface area contributed by atoms with Crippen molar-refractivity contribution in [2.24, 2.45) is 5.73 Å². The van der Waals surface area contributed by atoms with Gasteiger partial charge in [-0.15, -0.1) is 11.3 Å². The van der Waals surface area contributed by atoms with Crippen molar-refractivity contribution in [1.29, 1.82) is 0 Å². The number of thiazole rings is 1. The summed E-state index contributed by atoms with van der Waals surface area (Å²) < 4.78 is 0. The number of hydrogen-bond donors (Lipinski definition) is 1. The van der Waals surface area contributed by atoms with Crippen LogP contribution in [0.25, 0.3) is 0 Å². The molecule has 0 amide bonds. The summed E-state index contributed by atoms with van der Waals surface area (Å²) in [6.45, 7) is 3.47. The van der Waals surface area contributed by atoms with Crippen molar-refractivity contribution in [3.8, 4) is 0 Å². The van der Waals surface area contributed by atoms with Crippen molar-refractivity contribution >= 4 is 16.5 Å². The van der Waals surface area contributed by atoms with Gasteiger partial charge < -0.3 is 10.6 Å². The molecule has 1 aromatic heterocycles. The normalized spacial score (nSPS) is 27.4. The quantitative estimate of drug-likeness (QED) is 0.918. The average molecular weight is 279 g/mol. The largest absolute Gasteiger partial charge is 0.345 e. The number of anilines is 1. The van der Waals surface area contributed by atoms with E-state index in [1.807, 2.05) is 11.3 Å². The Hall–Kier alpha value is -0.610. The van der Waals surface area contributed by atoms with Crippen molar-refractivity contribution < 1.29 is 0 Å². The molecule has 3 nitrogen and oxygen atoms in total. The van der Waals surface area contributed by atoms with Crippen molar-refractivity contribution in [3.63, 3.8) is 0 Å². The van der Waals surface area contributed by atoms with Gasteiger partial charge in [-0.2, -0.15) is 0 Å². The van der Waals surface area contributed by atoms with Crippen molar-refractivity contribution in [3.05, 3.63) is 10.6 Å². The van der Waals surface area contributed by atoms with Gasteiger partial charge in [0.15, 0.2) is 5.13 Å². The molecule has 0 aromatic carbocycles. The smallest absolute Gasteiger partial charge is 0.186 e. The highest BCUT2D eigenvalue weighted by molar-refractivity contribution is 7.15. The zero-order valence-corrected chi connectivity index (χ0v) is 12.7. The Bertz CT molecular complexity index is 427. The first-order valence-electron chi connectivity index (χ1n) is 7.81. The van der Waals surface area contributed by atoms with E-state index in [0.29, 0.717) is 6.04 Å². The van der Waals surface area contributed by atoms with E-state index in [-0.39, 0.29) is 6.04 Å². The Morgan fingerprint density at radius 3 is 3.00 bits per heavy atom. The lowest BCUT2D eigenvalue weighted by atomic mass is 9.98. The highest BCUT2D eigenvalue weighted by Crippen LogP contribution is 2.38. The summed E-state index contributed by atoms with van der Waals surface area (Å²) in [5.41, 5.74) is 7.41. The number of rotatable bonds is 3. The SMILES string of the molecule is CCCC1CCCCN1c1nc2c(s1)CCCC2N. The fraction of sp³-hybridized carbons (Fsp3) is 0.800. The minimum absolute atomic E-state index is 0.183. The molecule has 0 spiro atoms. The third kappa shape index (κ3) is 2.65. The van der Waals surface area contributed by atoms with E-state index in [0.717, 1.165) is 6.42 Å². The van der Waals surface area contributed by atoms with E-state index in [2.05, 4.69) is 11.8 Å². The molecule has 2 aliphatic rings. The van der Waals surface area contributed by atoms with Crippen LogP contribution in [0, 0.1) is 0 Å². The molecular weight excluding hydrogens is 254 g/mol. The lowest BCUT2D eigenvalue weighted by molar-refractivity contribution is 0.433. The Morgan fingerprint density at radius 1 is 1.32 bits per heavy atom. The monoisotopic (exact) mass is 279 g/mol. The van der Waals surface area contributed by atoms with Gasteiger partial charge in [0, 0.05) is 23.5 Å². The summed E-state index contributed by atoms with van der Waals surface area (Å²) in [5, 5.41) is 1.25. The van der Waals surface area contributed by atoms with E-state index < -0.39 is 0 Å². The molecule has 3 rings (SSSR count). The lowest BCUT2D eigenvalue weighted by Gasteiger charge is -2.35. The van der Waals surface area contributed by atoms with Crippen molar-refractivity contribution in [2.45, 2.75) is 70.4 Å². The molecule has 2 N–H and O–H groups in total. The molecule has 1 fully saturated rings. The minimum atomic E-state index is 0.183. The van der Waals surface area contributed by atoms with Gasteiger partial charge in [0.05, 0.1) is 5.69 Å². The summed E-state index contributed by atoms with van der Waals surface area (Å²) in [6, 6.07) is 0.894. The van der Waals surface area contributed by atoms with E-state index >= 15 is 0 Å². The molecule has 19 heavy (non-hydrogen) atoms. The van der Waals surface area contributed by atoms with Crippen LogP contribution in [0.5, 0.6) is 0 Å². The van der Waals surface area contributed by atoms with Gasteiger partial charge in [0.2, 0.25) is 0 Å². The Balaban J connectivity index is 1.84. The van der Waals surface area contributed by atoms with Gasteiger partial charge in [0.1, 0.15) is 0 Å². The molecule has 106 valence electrons. The van der Waals surface area contributed by atoms with E-state index in [4.69, 9.17) is 10.7 Å². The van der Waals surface area contributed by atoms with Crippen LogP contribution < -0.4 is 10.6 Å². The van der Waals surface area contributed by atoms with Crippen molar-refractivity contribution in [1.82, 2.24) is 4.98 Å². The predicted octanol–water partition coefficient (Wildman–Crippen LogP) is 3.64. The van der Waals surface area contributed by atoms with Gasteiger partial charge in [-0.1, -0.05) is 13.3 Å². The molecule has 1 aromatic rings. The zero-order valence-electron chi connectivity index (χ0n) is 11.9. The fourth-order valence-corrected chi connectivity index (χ4v) is 4.72. The number of piperidine rings is 1. The van der Waals surface area contributed by atoms with E-state index in [9.17, 15) is 0 Å². The van der Waals surface area contributed by atoms with Crippen molar-refractivity contribution in [2.75, 3.05) is 11.4 Å². The molecule has 2 atom stereocenters. The maximum atomic E-state index is 6.21.